The van der Waals surface area contributed by atoms with E-state index in [0.717, 1.165) is 21.9 Å². The normalized spacial score (nSPS) is 11.6. The minimum absolute atomic E-state index is 0.00280. The van der Waals surface area contributed by atoms with Crippen molar-refractivity contribution in [1.29, 1.82) is 0 Å². The molecule has 1 aliphatic heterocycles. The number of carboxylic acids is 5. The van der Waals surface area contributed by atoms with E-state index in [1.807, 2.05) is 0 Å². The molecule has 0 unspecified atom stereocenters. The van der Waals surface area contributed by atoms with E-state index in [1.54, 1.807) is 6.07 Å². The molecule has 0 spiro atoms. The summed E-state index contributed by atoms with van der Waals surface area (Å²) in [5.74, 6) is -7.26. The molecule has 1 aromatic carbocycles. The Kier molecular flexibility index (Phi) is 11.5. The molecular weight excluding hydrogens is 643 g/mol. The molecule has 0 aromatic heterocycles. The van der Waals surface area contributed by atoms with E-state index in [4.69, 9.17) is 14.6 Å². The third kappa shape index (κ3) is 9.67. The van der Waals surface area contributed by atoms with Gasteiger partial charge in [0.05, 0.1) is 0 Å². The average molecular weight is 669 g/mol. The van der Waals surface area contributed by atoms with Crippen molar-refractivity contribution in [2.75, 3.05) is 32.7 Å². The number of aliphatic hydroxyl groups excluding tert-OH is 1. The molecule has 1 aliphatic carbocycles. The molecule has 0 saturated heterocycles. The number of hydrogen-bond acceptors (Lipinski definition) is 10. The van der Waals surface area contributed by atoms with Gasteiger partial charge in [-0.2, -0.15) is 0 Å². The van der Waals surface area contributed by atoms with E-state index in [1.165, 1.54) is 30.3 Å². The molecule has 0 amide bonds. The van der Waals surface area contributed by atoms with Crippen LogP contribution in [0.4, 0.5) is 0 Å². The van der Waals surface area contributed by atoms with Gasteiger partial charge in [-0.05, 0) is 0 Å². The summed E-state index contributed by atoms with van der Waals surface area (Å²) in [6.07, 6.45) is 1.06. The molecule has 3 rings (SSSR count). The summed E-state index contributed by atoms with van der Waals surface area (Å²) in [4.78, 5) is 71.9. The number of aromatic carboxylic acids is 1. The Morgan fingerprint density at radius 3 is 1.82 bits per heavy atom. The van der Waals surface area contributed by atoms with E-state index in [0.29, 0.717) is 0 Å². The molecule has 45 heavy (non-hydrogen) atoms. The van der Waals surface area contributed by atoms with Gasteiger partial charge in [-0.15, -0.1) is 0 Å². The fourth-order valence-corrected chi connectivity index (χ4v) is 4.73. The van der Waals surface area contributed by atoms with Crippen LogP contribution in [0, 0.1) is 0 Å². The van der Waals surface area contributed by atoms with Gasteiger partial charge in [0.2, 0.25) is 0 Å². The molecule has 0 bridgehead atoms. The molecule has 0 radical (unpaired) electrons. The first-order valence-electron chi connectivity index (χ1n) is 12.8. The second kappa shape index (κ2) is 15.0. The Bertz CT molecular complexity index is 1700. The number of carbonyl (C=O) groups is 5. The van der Waals surface area contributed by atoms with Crippen molar-refractivity contribution in [3.8, 4) is 22.5 Å². The second-order valence-electron chi connectivity index (χ2n) is 9.64. The molecule has 6 N–H and O–H groups in total. The molecule has 1 aromatic rings. The second-order valence-corrected chi connectivity index (χ2v) is 10.3. The third-order valence-electron chi connectivity index (χ3n) is 6.15. The number of nitrogens with zero attached hydrogens (tertiary/aromatic N) is 2. The Balaban J connectivity index is 2.17. The maximum atomic E-state index is 13.0. The standard InChI is InChI=1S/C29H26N2O13.Co/c32-17(5-6-30(12-25(34)35)13-26(36)37)8-18-9-21(19-3-1-2-4-20(19)29(42)43)22-7-16(23(33)10-24(22)44-18)11-31(14-27(38)39)15-28(40)41;/h1-4,7-10,32H,6,11-15H2,(H,34,35)(H,36,37)(H,38,39)(H,40,41)(H,42,43);/b17-8+;. The Hall–Kier alpha value is -5.16. The number of aliphatic hydroxyl groups is 1. The molecular formula is C29H26CoN2O13. The molecule has 1 heterocycles. The Morgan fingerprint density at radius 2 is 1.27 bits per heavy atom. The van der Waals surface area contributed by atoms with Gasteiger partial charge in [0.15, 0.2) is 0 Å². The zero-order valence-electron chi connectivity index (χ0n) is 23.1. The van der Waals surface area contributed by atoms with E-state index >= 15 is 0 Å². The van der Waals surface area contributed by atoms with Gasteiger partial charge in [0.25, 0.3) is 0 Å². The van der Waals surface area contributed by atoms with Gasteiger partial charge in [0.1, 0.15) is 0 Å². The molecule has 0 atom stereocenters. The van der Waals surface area contributed by atoms with Crippen LogP contribution in [0.2, 0.25) is 0 Å². The molecule has 0 saturated carbocycles. The van der Waals surface area contributed by atoms with Crippen molar-refractivity contribution in [3.63, 3.8) is 0 Å². The van der Waals surface area contributed by atoms with Crippen LogP contribution in [0.3, 0.4) is 0 Å². The van der Waals surface area contributed by atoms with Crippen LogP contribution in [0.1, 0.15) is 21.7 Å². The van der Waals surface area contributed by atoms with Gasteiger partial charge < -0.3 is 10.2 Å². The summed E-state index contributed by atoms with van der Waals surface area (Å²) in [6.45, 7) is -3.42. The molecule has 16 heteroatoms. The summed E-state index contributed by atoms with van der Waals surface area (Å²) in [6, 6.07) is 9.63. The summed E-state index contributed by atoms with van der Waals surface area (Å²) in [5.41, 5.74) is -0.160. The van der Waals surface area contributed by atoms with E-state index < -0.39 is 67.2 Å². The maximum absolute atomic E-state index is 13.0. The first-order chi connectivity index (χ1) is 21.1. The molecule has 239 valence electrons. The van der Waals surface area contributed by atoms with Crippen molar-refractivity contribution in [3.05, 3.63) is 75.3 Å². The fraction of sp³-hybridized carbons (Fsp3) is 0.207. The van der Waals surface area contributed by atoms with Gasteiger partial charge in [0, 0.05) is 0 Å². The van der Waals surface area contributed by atoms with Crippen LogP contribution in [0.15, 0.2) is 57.4 Å². The number of aliphatic carboxylic acids is 4. The zero-order chi connectivity index (χ0) is 33.4. The average Bonchev–Trinajstić information content (AvgIpc) is 2.91. The summed E-state index contributed by atoms with van der Waals surface area (Å²) in [5, 5.41) is 57.1. The number of rotatable bonds is 16. The van der Waals surface area contributed by atoms with Gasteiger partial charge in [-0.1, -0.05) is 0 Å². The Morgan fingerprint density at radius 1 is 0.711 bits per heavy atom. The van der Waals surface area contributed by atoms with Crippen molar-refractivity contribution in [2.24, 2.45) is 0 Å². The van der Waals surface area contributed by atoms with E-state index in [9.17, 15) is 49.2 Å². The van der Waals surface area contributed by atoms with Crippen LogP contribution in [-0.4, -0.2) is 107 Å². The first-order valence-corrected chi connectivity index (χ1v) is 13.3. The summed E-state index contributed by atoms with van der Waals surface area (Å²) in [7, 11) is 0. The van der Waals surface area contributed by atoms with Crippen LogP contribution >= 0.6 is 0 Å². The molecule has 15 nitrogen and oxygen atoms in total. The molecule has 0 fully saturated rings. The number of fused-ring (bicyclic) bond motifs is 1. The van der Waals surface area contributed by atoms with Crippen molar-refractivity contribution >= 4 is 40.4 Å². The van der Waals surface area contributed by atoms with Crippen LogP contribution in [0.5, 0.6) is 0 Å². The number of carboxylic acid groups (broad SMARTS) is 5. The van der Waals surface area contributed by atoms with Crippen molar-refractivity contribution in [2.45, 2.75) is 6.54 Å². The van der Waals surface area contributed by atoms with Crippen molar-refractivity contribution in [1.82, 2.24) is 9.80 Å². The van der Waals surface area contributed by atoms with Crippen LogP contribution in [-0.2, 0) is 41.0 Å². The third-order valence-corrected chi connectivity index (χ3v) is 6.58. The first kappa shape index (κ1) is 34.3. The monoisotopic (exact) mass is 669 g/mol. The topological polar surface area (TPSA) is 243 Å². The molecule has 2 aliphatic rings. The quantitative estimate of drug-likeness (QED) is 0.117. The Labute approximate surface area is 261 Å². The summed E-state index contributed by atoms with van der Waals surface area (Å²) < 4.78 is 5.68. The van der Waals surface area contributed by atoms with Gasteiger partial charge >= 0.3 is 242 Å². The van der Waals surface area contributed by atoms with Crippen molar-refractivity contribution < 1.29 is 74.3 Å². The zero-order valence-corrected chi connectivity index (χ0v) is 24.2. The SMILES string of the molecule is O=C(O)CN(CC(=O)O)C[C](=[Co])/C(O)=C\c1cc(-c2ccccc2C(=O)O)c2cc(CN(CC(=O)O)CC(=O)O)c(=O)cc-2o1. The number of hydrogen-bond donors (Lipinski definition) is 6. The van der Waals surface area contributed by atoms with E-state index in [-0.39, 0.29) is 56.9 Å². The minimum atomic E-state index is -1.32. The van der Waals surface area contributed by atoms with Crippen LogP contribution < -0.4 is 5.43 Å². The predicted molar refractivity (Wildman–Crippen MR) is 152 cm³/mol. The van der Waals surface area contributed by atoms with E-state index in [2.05, 4.69) is 15.3 Å². The number of benzene rings is 2. The fourth-order valence-electron chi connectivity index (χ4n) is 4.42. The van der Waals surface area contributed by atoms with Gasteiger partial charge in [-0.3, -0.25) is 9.59 Å². The van der Waals surface area contributed by atoms with Gasteiger partial charge in [-0.25, -0.2) is 0 Å². The summed E-state index contributed by atoms with van der Waals surface area (Å²) >= 11 is 4.24. The van der Waals surface area contributed by atoms with Crippen LogP contribution in [0.25, 0.3) is 28.5 Å². The predicted octanol–water partition coefficient (Wildman–Crippen LogP) is 1.17.